The van der Waals surface area contributed by atoms with Gasteiger partial charge in [-0.3, -0.25) is 9.69 Å². The fourth-order valence-corrected chi connectivity index (χ4v) is 5.04. The fraction of sp³-hybridized carbons (Fsp3) is 0.435. The molecule has 0 spiro atoms. The normalized spacial score (nSPS) is 19.6. The summed E-state index contributed by atoms with van der Waals surface area (Å²) >= 11 is 0. The minimum atomic E-state index is -0.554. The summed E-state index contributed by atoms with van der Waals surface area (Å²) in [5.74, 6) is 0.373. The molecule has 2 aromatic heterocycles. The highest BCUT2D eigenvalue weighted by atomic mass is 19.1. The van der Waals surface area contributed by atoms with Crippen LogP contribution in [0.3, 0.4) is 0 Å². The average Bonchev–Trinajstić information content (AvgIpc) is 3.24. The molecule has 4 heterocycles. The fourth-order valence-electron chi connectivity index (χ4n) is 5.04. The zero-order chi connectivity index (χ0) is 21.4. The monoisotopic (exact) mass is 422 g/mol. The number of primary amides is 1. The van der Waals surface area contributed by atoms with Gasteiger partial charge in [-0.05, 0) is 69.1 Å². The van der Waals surface area contributed by atoms with Crippen LogP contribution in [0.2, 0.25) is 0 Å². The van der Waals surface area contributed by atoms with Gasteiger partial charge in [-0.2, -0.15) is 5.10 Å². The van der Waals surface area contributed by atoms with Crippen LogP contribution in [0.4, 0.5) is 10.2 Å². The Kier molecular flexibility index (Phi) is 5.09. The van der Waals surface area contributed by atoms with Gasteiger partial charge in [0.2, 0.25) is 5.91 Å². The van der Waals surface area contributed by atoms with Crippen molar-refractivity contribution in [2.24, 2.45) is 5.73 Å². The van der Waals surface area contributed by atoms with E-state index in [1.807, 2.05) is 16.8 Å². The van der Waals surface area contributed by atoms with Crippen molar-refractivity contribution < 1.29 is 9.18 Å². The summed E-state index contributed by atoms with van der Waals surface area (Å²) in [6.07, 6.45) is 8.43. The van der Waals surface area contributed by atoms with Crippen LogP contribution in [0.1, 0.15) is 32.1 Å². The number of rotatable bonds is 4. The quantitative estimate of drug-likeness (QED) is 0.699. The molecule has 2 aliphatic rings. The Balaban J connectivity index is 1.41. The van der Waals surface area contributed by atoms with Crippen LogP contribution in [-0.2, 0) is 4.79 Å². The van der Waals surface area contributed by atoms with Crippen LogP contribution < -0.4 is 10.6 Å². The molecule has 7 nitrogen and oxygen atoms in total. The molecule has 8 heteroatoms. The van der Waals surface area contributed by atoms with E-state index in [2.05, 4.69) is 19.9 Å². The lowest BCUT2D eigenvalue weighted by Gasteiger charge is -2.48. The molecule has 1 amide bonds. The Labute approximate surface area is 180 Å². The molecule has 0 saturated carbocycles. The van der Waals surface area contributed by atoms with Crippen molar-refractivity contribution in [2.45, 2.75) is 37.6 Å². The van der Waals surface area contributed by atoms with Gasteiger partial charge in [0.25, 0.3) is 0 Å². The van der Waals surface area contributed by atoms with Crippen molar-refractivity contribution in [1.29, 1.82) is 0 Å². The number of anilines is 1. The Bertz CT molecular complexity index is 1080. The zero-order valence-corrected chi connectivity index (χ0v) is 17.5. The van der Waals surface area contributed by atoms with E-state index in [1.165, 1.54) is 18.6 Å². The number of hydrogen-bond donors (Lipinski definition) is 1. The Morgan fingerprint density at radius 1 is 1.03 bits per heavy atom. The van der Waals surface area contributed by atoms with E-state index in [-0.39, 0.29) is 11.7 Å². The predicted octanol–water partition coefficient (Wildman–Crippen LogP) is 2.85. The molecule has 5 rings (SSSR count). The molecule has 2 fully saturated rings. The third kappa shape index (κ3) is 3.54. The van der Waals surface area contributed by atoms with Crippen molar-refractivity contribution in [1.82, 2.24) is 19.5 Å². The number of likely N-dealkylation sites (tertiary alicyclic amines) is 1. The van der Waals surface area contributed by atoms with E-state index >= 15 is 0 Å². The molecular weight excluding hydrogens is 395 g/mol. The molecule has 0 unspecified atom stereocenters. The van der Waals surface area contributed by atoms with E-state index in [0.717, 1.165) is 48.5 Å². The maximum atomic E-state index is 13.3. The summed E-state index contributed by atoms with van der Waals surface area (Å²) in [7, 11) is 0. The molecule has 0 radical (unpaired) electrons. The molecule has 2 saturated heterocycles. The lowest BCUT2D eigenvalue weighted by molar-refractivity contribution is -0.132. The Hall–Kier alpha value is -3.00. The van der Waals surface area contributed by atoms with Gasteiger partial charge in [-0.25, -0.2) is 13.9 Å². The SMILES string of the molecule is NC(=O)C1(N2CCCCC2)CCN(c2nccn3nc(-c4ccc(F)cc4)cc23)CC1. The molecule has 3 aromatic rings. The largest absolute Gasteiger partial charge is 0.368 e. The van der Waals surface area contributed by atoms with E-state index in [9.17, 15) is 9.18 Å². The first-order valence-electron chi connectivity index (χ1n) is 11.0. The van der Waals surface area contributed by atoms with Crippen LogP contribution in [-0.4, -0.2) is 57.1 Å². The summed E-state index contributed by atoms with van der Waals surface area (Å²) in [6.45, 7) is 3.31. The second kappa shape index (κ2) is 7.92. The van der Waals surface area contributed by atoms with Gasteiger partial charge in [0.15, 0.2) is 5.82 Å². The predicted molar refractivity (Wildman–Crippen MR) is 117 cm³/mol. The molecule has 162 valence electrons. The summed E-state index contributed by atoms with van der Waals surface area (Å²) < 4.78 is 15.1. The molecule has 0 atom stereocenters. The van der Waals surface area contributed by atoms with Gasteiger partial charge >= 0.3 is 0 Å². The van der Waals surface area contributed by atoms with Crippen molar-refractivity contribution >= 4 is 17.2 Å². The standard InChI is InChI=1S/C23H27FN6O/c24-18-6-4-17(5-7-18)19-16-20-21(26-10-15-30(20)27-19)28-13-8-23(9-14-28,22(25)31)29-11-2-1-3-12-29/h4-7,10,15-16H,1-3,8-9,11-14H2,(H2,25,31). The number of halogens is 1. The van der Waals surface area contributed by atoms with Crippen molar-refractivity contribution in [3.05, 3.63) is 48.5 Å². The summed E-state index contributed by atoms with van der Waals surface area (Å²) in [5, 5.41) is 4.64. The molecule has 2 aliphatic heterocycles. The van der Waals surface area contributed by atoms with Crippen LogP contribution in [0.25, 0.3) is 16.8 Å². The van der Waals surface area contributed by atoms with Crippen LogP contribution >= 0.6 is 0 Å². The minimum Gasteiger partial charge on any atom is -0.368 e. The van der Waals surface area contributed by atoms with Crippen molar-refractivity contribution in [2.75, 3.05) is 31.1 Å². The lowest BCUT2D eigenvalue weighted by atomic mass is 9.83. The maximum absolute atomic E-state index is 13.3. The Morgan fingerprint density at radius 2 is 1.74 bits per heavy atom. The number of fused-ring (bicyclic) bond motifs is 1. The molecule has 2 N–H and O–H groups in total. The third-order valence-corrected chi connectivity index (χ3v) is 6.82. The molecule has 31 heavy (non-hydrogen) atoms. The van der Waals surface area contributed by atoms with Crippen molar-refractivity contribution in [3.63, 3.8) is 0 Å². The third-order valence-electron chi connectivity index (χ3n) is 6.82. The highest BCUT2D eigenvalue weighted by molar-refractivity contribution is 5.85. The number of benzene rings is 1. The van der Waals surface area contributed by atoms with Gasteiger partial charge in [-0.15, -0.1) is 0 Å². The molecule has 1 aromatic carbocycles. The number of piperidine rings is 2. The first-order chi connectivity index (χ1) is 15.1. The number of amides is 1. The molecular formula is C23H27FN6O. The minimum absolute atomic E-state index is 0.205. The summed E-state index contributed by atoms with van der Waals surface area (Å²) in [5.41, 5.74) is 7.89. The first-order valence-corrected chi connectivity index (χ1v) is 11.0. The highest BCUT2D eigenvalue weighted by Gasteiger charge is 2.45. The van der Waals surface area contributed by atoms with E-state index in [1.54, 1.807) is 18.3 Å². The smallest absolute Gasteiger partial charge is 0.238 e. The maximum Gasteiger partial charge on any atom is 0.238 e. The van der Waals surface area contributed by atoms with Crippen molar-refractivity contribution in [3.8, 4) is 11.3 Å². The van der Waals surface area contributed by atoms with Crippen LogP contribution in [0.5, 0.6) is 0 Å². The van der Waals surface area contributed by atoms with Gasteiger partial charge in [0.05, 0.1) is 5.69 Å². The zero-order valence-electron chi connectivity index (χ0n) is 17.5. The second-order valence-electron chi connectivity index (χ2n) is 8.55. The lowest BCUT2D eigenvalue weighted by Crippen LogP contribution is -2.63. The first kappa shape index (κ1) is 19.9. The summed E-state index contributed by atoms with van der Waals surface area (Å²) in [4.78, 5) is 21.7. The van der Waals surface area contributed by atoms with Crippen LogP contribution in [0.15, 0.2) is 42.7 Å². The number of aromatic nitrogens is 3. The van der Waals surface area contributed by atoms with E-state index < -0.39 is 5.54 Å². The van der Waals surface area contributed by atoms with Gasteiger partial charge in [0, 0.05) is 31.0 Å². The number of nitrogens with two attached hydrogens (primary N) is 1. The number of nitrogens with zero attached hydrogens (tertiary/aromatic N) is 5. The second-order valence-corrected chi connectivity index (χ2v) is 8.55. The topological polar surface area (TPSA) is 79.8 Å². The molecule has 0 aliphatic carbocycles. The van der Waals surface area contributed by atoms with Gasteiger partial charge in [-0.1, -0.05) is 6.42 Å². The highest BCUT2D eigenvalue weighted by Crippen LogP contribution is 2.34. The number of carbonyl (C=O) groups is 1. The van der Waals surface area contributed by atoms with E-state index in [4.69, 9.17) is 5.73 Å². The number of carbonyl (C=O) groups excluding carboxylic acids is 1. The van der Waals surface area contributed by atoms with Gasteiger partial charge < -0.3 is 10.6 Å². The summed E-state index contributed by atoms with van der Waals surface area (Å²) in [6, 6.07) is 8.31. The van der Waals surface area contributed by atoms with E-state index in [0.29, 0.717) is 25.9 Å². The average molecular weight is 423 g/mol. The number of hydrogen-bond acceptors (Lipinski definition) is 5. The Morgan fingerprint density at radius 3 is 2.42 bits per heavy atom. The van der Waals surface area contributed by atoms with Gasteiger partial charge in [0.1, 0.15) is 16.9 Å². The van der Waals surface area contributed by atoms with Crippen LogP contribution in [0, 0.1) is 5.82 Å². The molecule has 0 bridgehead atoms.